The van der Waals surface area contributed by atoms with Crippen LogP contribution < -0.4 is 5.32 Å². The number of nitrogens with zero attached hydrogens (tertiary/aromatic N) is 1. The van der Waals surface area contributed by atoms with E-state index in [4.69, 9.17) is 0 Å². The van der Waals surface area contributed by atoms with Crippen LogP contribution in [0.2, 0.25) is 0 Å². The zero-order chi connectivity index (χ0) is 22.1. The molecule has 4 aromatic rings. The van der Waals surface area contributed by atoms with Crippen LogP contribution in [0, 0.1) is 11.6 Å². The summed E-state index contributed by atoms with van der Waals surface area (Å²) in [6.07, 6.45) is 6.66. The first-order valence-electron chi connectivity index (χ1n) is 10.8. The summed E-state index contributed by atoms with van der Waals surface area (Å²) in [5.74, 6) is -1.18. The quantitative estimate of drug-likeness (QED) is 0.359. The lowest BCUT2D eigenvalue weighted by molar-refractivity contribution is 0.102. The van der Waals surface area contributed by atoms with Crippen LogP contribution in [0.1, 0.15) is 42.2 Å². The van der Waals surface area contributed by atoms with Gasteiger partial charge in [0.05, 0.1) is 17.1 Å². The molecule has 0 atom stereocenters. The van der Waals surface area contributed by atoms with Crippen molar-refractivity contribution in [2.45, 2.75) is 31.7 Å². The number of H-pyrrole nitrogens is 1. The fourth-order valence-corrected chi connectivity index (χ4v) is 4.50. The van der Waals surface area contributed by atoms with Gasteiger partial charge in [-0.05, 0) is 60.9 Å². The lowest BCUT2D eigenvalue weighted by Crippen LogP contribution is -2.13. The average molecular weight is 431 g/mol. The van der Waals surface area contributed by atoms with Crippen molar-refractivity contribution in [2.24, 2.45) is 0 Å². The Balaban J connectivity index is 1.52. The molecule has 2 aromatic heterocycles. The topological polar surface area (TPSA) is 49.8 Å². The molecular formula is C26H23F2N3O. The van der Waals surface area contributed by atoms with Crippen molar-refractivity contribution in [2.75, 3.05) is 5.32 Å². The van der Waals surface area contributed by atoms with E-state index in [-0.39, 0.29) is 11.5 Å². The number of benzene rings is 2. The first kappa shape index (κ1) is 20.2. The van der Waals surface area contributed by atoms with Crippen LogP contribution in [-0.2, 0) is 0 Å². The molecule has 2 N–H and O–H groups in total. The second-order valence-electron chi connectivity index (χ2n) is 8.15. The van der Waals surface area contributed by atoms with E-state index in [0.717, 1.165) is 35.4 Å². The van der Waals surface area contributed by atoms with Gasteiger partial charge in [0.15, 0.2) is 0 Å². The monoisotopic (exact) mass is 431 g/mol. The third kappa shape index (κ3) is 3.84. The molecule has 1 aliphatic rings. The molecule has 2 heterocycles. The summed E-state index contributed by atoms with van der Waals surface area (Å²) in [5.41, 5.74) is 4.11. The molecule has 1 amide bonds. The third-order valence-corrected chi connectivity index (χ3v) is 6.10. The van der Waals surface area contributed by atoms with Crippen LogP contribution in [-0.4, -0.2) is 15.5 Å². The predicted octanol–water partition coefficient (Wildman–Crippen LogP) is 6.80. The number of halogens is 2. The van der Waals surface area contributed by atoms with Gasteiger partial charge >= 0.3 is 0 Å². The molecule has 0 bridgehead atoms. The van der Waals surface area contributed by atoms with Crippen LogP contribution >= 0.6 is 0 Å². The summed E-state index contributed by atoms with van der Waals surface area (Å²) < 4.78 is 29.7. The first-order chi connectivity index (χ1) is 15.6. The number of hydrogen-bond acceptors (Lipinski definition) is 1. The number of carbonyl (C=O) groups is 1. The Morgan fingerprint density at radius 2 is 1.69 bits per heavy atom. The predicted molar refractivity (Wildman–Crippen MR) is 121 cm³/mol. The number of aromatic amines is 1. The molecule has 4 nitrogen and oxygen atoms in total. The minimum absolute atomic E-state index is 0.134. The lowest BCUT2D eigenvalue weighted by atomic mass is 10.0. The van der Waals surface area contributed by atoms with Crippen molar-refractivity contribution in [3.8, 4) is 22.5 Å². The highest BCUT2D eigenvalue weighted by Gasteiger charge is 2.23. The van der Waals surface area contributed by atoms with E-state index in [0.29, 0.717) is 11.7 Å². The Bertz CT molecular complexity index is 1250. The van der Waals surface area contributed by atoms with E-state index in [1.807, 2.05) is 12.1 Å². The van der Waals surface area contributed by atoms with E-state index in [2.05, 4.69) is 21.1 Å². The Morgan fingerprint density at radius 3 is 2.44 bits per heavy atom. The number of hydrogen-bond donors (Lipinski definition) is 2. The third-order valence-electron chi connectivity index (χ3n) is 6.10. The van der Waals surface area contributed by atoms with E-state index in [9.17, 15) is 13.6 Å². The zero-order valence-corrected chi connectivity index (χ0v) is 17.4. The zero-order valence-electron chi connectivity index (χ0n) is 17.4. The SMILES string of the molecule is O=C(Nc1ccccc1F)c1ccc(-c2c(-c3ccc(F)cc3)ccn2C2CCCC2)[nH]1. The summed E-state index contributed by atoms with van der Waals surface area (Å²) >= 11 is 0. The van der Waals surface area contributed by atoms with E-state index < -0.39 is 11.7 Å². The molecule has 6 heteroatoms. The van der Waals surface area contributed by atoms with Gasteiger partial charge in [0.25, 0.3) is 5.91 Å². The lowest BCUT2D eigenvalue weighted by Gasteiger charge is -2.17. The Morgan fingerprint density at radius 1 is 0.938 bits per heavy atom. The number of anilines is 1. The molecule has 1 fully saturated rings. The second kappa shape index (κ2) is 8.46. The highest BCUT2D eigenvalue weighted by molar-refractivity contribution is 6.03. The maximum Gasteiger partial charge on any atom is 0.272 e. The molecule has 32 heavy (non-hydrogen) atoms. The van der Waals surface area contributed by atoms with Gasteiger partial charge in [-0.25, -0.2) is 8.78 Å². The number of amides is 1. The highest BCUT2D eigenvalue weighted by atomic mass is 19.1. The van der Waals surface area contributed by atoms with Gasteiger partial charge in [0.2, 0.25) is 0 Å². The van der Waals surface area contributed by atoms with Crippen molar-refractivity contribution >= 4 is 11.6 Å². The van der Waals surface area contributed by atoms with Crippen LogP contribution in [0.5, 0.6) is 0 Å². The normalized spacial score (nSPS) is 14.1. The smallest absolute Gasteiger partial charge is 0.272 e. The second-order valence-corrected chi connectivity index (χ2v) is 8.15. The van der Waals surface area contributed by atoms with Crippen LogP contribution in [0.25, 0.3) is 22.5 Å². The number of aromatic nitrogens is 2. The van der Waals surface area contributed by atoms with E-state index >= 15 is 0 Å². The summed E-state index contributed by atoms with van der Waals surface area (Å²) in [6, 6.07) is 18.5. The first-order valence-corrected chi connectivity index (χ1v) is 10.8. The molecule has 5 rings (SSSR count). The molecule has 1 aliphatic carbocycles. The molecular weight excluding hydrogens is 408 g/mol. The Hall–Kier alpha value is -3.67. The minimum Gasteiger partial charge on any atom is -0.349 e. The standard InChI is InChI=1S/C26H23F2N3O/c27-18-11-9-17(10-12-18)20-15-16-31(19-5-1-2-6-19)25(20)23-13-14-24(29-23)26(32)30-22-8-4-3-7-21(22)28/h3-4,7-16,19,29H,1-2,5-6H2,(H,30,32). The molecule has 0 saturated heterocycles. The Kier molecular flexibility index (Phi) is 5.35. The van der Waals surface area contributed by atoms with E-state index in [1.54, 1.807) is 30.3 Å². The summed E-state index contributed by atoms with van der Waals surface area (Å²) in [7, 11) is 0. The maximum absolute atomic E-state index is 13.9. The van der Waals surface area contributed by atoms with Crippen LogP contribution in [0.4, 0.5) is 14.5 Å². The fourth-order valence-electron chi connectivity index (χ4n) is 4.50. The van der Waals surface area contributed by atoms with Crippen molar-refractivity contribution in [1.82, 2.24) is 9.55 Å². The van der Waals surface area contributed by atoms with E-state index in [1.165, 1.54) is 37.1 Å². The molecule has 0 unspecified atom stereocenters. The number of para-hydroxylation sites is 1. The number of carbonyl (C=O) groups excluding carboxylic acids is 1. The van der Waals surface area contributed by atoms with Gasteiger partial charge < -0.3 is 14.9 Å². The Labute approximate surface area is 184 Å². The van der Waals surface area contributed by atoms with Gasteiger partial charge in [-0.2, -0.15) is 0 Å². The average Bonchev–Trinajstić information content (AvgIpc) is 3.55. The summed E-state index contributed by atoms with van der Waals surface area (Å²) in [5, 5.41) is 2.61. The molecule has 1 saturated carbocycles. The summed E-state index contributed by atoms with van der Waals surface area (Å²) in [4.78, 5) is 15.9. The van der Waals surface area contributed by atoms with Crippen molar-refractivity contribution < 1.29 is 13.6 Å². The van der Waals surface area contributed by atoms with Crippen LogP contribution in [0.15, 0.2) is 72.9 Å². The van der Waals surface area contributed by atoms with Crippen LogP contribution in [0.3, 0.4) is 0 Å². The van der Waals surface area contributed by atoms with Crippen molar-refractivity contribution in [3.05, 3.63) is 90.3 Å². The summed E-state index contributed by atoms with van der Waals surface area (Å²) in [6.45, 7) is 0. The molecule has 0 aliphatic heterocycles. The minimum atomic E-state index is -0.485. The molecule has 162 valence electrons. The number of nitrogens with one attached hydrogen (secondary N) is 2. The fraction of sp³-hybridized carbons (Fsp3) is 0.192. The van der Waals surface area contributed by atoms with Crippen molar-refractivity contribution in [3.63, 3.8) is 0 Å². The van der Waals surface area contributed by atoms with Gasteiger partial charge in [0, 0.05) is 17.8 Å². The number of rotatable bonds is 5. The van der Waals surface area contributed by atoms with Crippen molar-refractivity contribution in [1.29, 1.82) is 0 Å². The van der Waals surface area contributed by atoms with Gasteiger partial charge in [0.1, 0.15) is 17.3 Å². The largest absolute Gasteiger partial charge is 0.349 e. The van der Waals surface area contributed by atoms with Gasteiger partial charge in [-0.3, -0.25) is 4.79 Å². The molecule has 0 spiro atoms. The van der Waals surface area contributed by atoms with Gasteiger partial charge in [-0.1, -0.05) is 37.1 Å². The van der Waals surface area contributed by atoms with Gasteiger partial charge in [-0.15, -0.1) is 0 Å². The molecule has 2 aromatic carbocycles. The maximum atomic E-state index is 13.9. The highest BCUT2D eigenvalue weighted by Crippen LogP contribution is 2.39. The molecule has 0 radical (unpaired) electrons.